The van der Waals surface area contributed by atoms with Gasteiger partial charge in [-0.1, -0.05) is 13.8 Å². The second kappa shape index (κ2) is 5.68. The first-order valence-corrected chi connectivity index (χ1v) is 6.00. The molecule has 0 fully saturated rings. The molecule has 0 aliphatic carbocycles. The van der Waals surface area contributed by atoms with Crippen LogP contribution in [0, 0.1) is 10.1 Å². The zero-order chi connectivity index (χ0) is 13.8. The van der Waals surface area contributed by atoms with Crippen LogP contribution >= 0.6 is 0 Å². The molecule has 5 N–H and O–H groups in total. The van der Waals surface area contributed by atoms with Crippen LogP contribution in [0.25, 0.3) is 0 Å². The van der Waals surface area contributed by atoms with Crippen molar-refractivity contribution in [1.29, 1.82) is 0 Å². The number of benzene rings is 1. The largest absolute Gasteiger partial charge is 0.393 e. The van der Waals surface area contributed by atoms with Gasteiger partial charge in [0.1, 0.15) is 5.69 Å². The Hall–Kier alpha value is -1.82. The molecular formula is C12H20N4O2. The molecule has 18 heavy (non-hydrogen) atoms. The predicted molar refractivity (Wildman–Crippen MR) is 73.5 cm³/mol. The zero-order valence-corrected chi connectivity index (χ0v) is 10.8. The van der Waals surface area contributed by atoms with Crippen molar-refractivity contribution < 1.29 is 4.92 Å². The van der Waals surface area contributed by atoms with E-state index >= 15 is 0 Å². The quantitative estimate of drug-likeness (QED) is 0.408. The van der Waals surface area contributed by atoms with E-state index in [1.165, 1.54) is 6.07 Å². The average molecular weight is 252 g/mol. The number of nitro benzene ring substituents is 1. The standard InChI is InChI=1S/C12H20N4O2/c1-3-12(4-2,8-13)15-9-5-6-11(16(17)18)10(14)7-9/h5-7,15H,3-4,8,13-14H2,1-2H3. The Balaban J connectivity index is 2.98. The van der Waals surface area contributed by atoms with Gasteiger partial charge in [0.15, 0.2) is 0 Å². The first kappa shape index (κ1) is 14.2. The highest BCUT2D eigenvalue weighted by molar-refractivity contribution is 5.66. The van der Waals surface area contributed by atoms with Crippen LogP contribution in [0.1, 0.15) is 26.7 Å². The summed E-state index contributed by atoms with van der Waals surface area (Å²) in [5.41, 5.74) is 12.1. The van der Waals surface area contributed by atoms with Gasteiger partial charge in [-0.2, -0.15) is 0 Å². The Labute approximate surface area is 107 Å². The van der Waals surface area contributed by atoms with Crippen LogP contribution in [0.4, 0.5) is 17.1 Å². The van der Waals surface area contributed by atoms with Crippen LogP contribution in [0.15, 0.2) is 18.2 Å². The van der Waals surface area contributed by atoms with Crippen molar-refractivity contribution in [3.8, 4) is 0 Å². The van der Waals surface area contributed by atoms with Crippen molar-refractivity contribution in [3.05, 3.63) is 28.3 Å². The summed E-state index contributed by atoms with van der Waals surface area (Å²) in [6.45, 7) is 4.60. The highest BCUT2D eigenvalue weighted by atomic mass is 16.6. The normalized spacial score (nSPS) is 11.3. The van der Waals surface area contributed by atoms with E-state index in [4.69, 9.17) is 11.5 Å². The van der Waals surface area contributed by atoms with E-state index in [1.54, 1.807) is 12.1 Å². The maximum Gasteiger partial charge on any atom is 0.292 e. The monoisotopic (exact) mass is 252 g/mol. The lowest BCUT2D eigenvalue weighted by Crippen LogP contribution is -2.44. The number of nitrogens with zero attached hydrogens (tertiary/aromatic N) is 1. The summed E-state index contributed by atoms with van der Waals surface area (Å²) in [6, 6.07) is 4.64. The van der Waals surface area contributed by atoms with E-state index in [1.807, 2.05) is 0 Å². The number of hydrogen-bond donors (Lipinski definition) is 3. The molecule has 6 heteroatoms. The molecule has 0 heterocycles. The van der Waals surface area contributed by atoms with Gasteiger partial charge in [-0.15, -0.1) is 0 Å². The predicted octanol–water partition coefficient (Wildman–Crippen LogP) is 2.11. The molecule has 0 saturated heterocycles. The van der Waals surface area contributed by atoms with Gasteiger partial charge in [-0.05, 0) is 25.0 Å². The summed E-state index contributed by atoms with van der Waals surface area (Å²) < 4.78 is 0. The van der Waals surface area contributed by atoms with Crippen LogP contribution in [0.3, 0.4) is 0 Å². The zero-order valence-electron chi connectivity index (χ0n) is 10.8. The number of nitrogens with one attached hydrogen (secondary N) is 1. The van der Waals surface area contributed by atoms with Gasteiger partial charge in [0.05, 0.1) is 4.92 Å². The van der Waals surface area contributed by atoms with Gasteiger partial charge in [0.25, 0.3) is 5.69 Å². The van der Waals surface area contributed by atoms with Crippen molar-refractivity contribution in [2.75, 3.05) is 17.6 Å². The highest BCUT2D eigenvalue weighted by Crippen LogP contribution is 2.28. The minimum absolute atomic E-state index is 0.0769. The summed E-state index contributed by atoms with van der Waals surface area (Å²) >= 11 is 0. The number of nitrogens with two attached hydrogens (primary N) is 2. The van der Waals surface area contributed by atoms with Gasteiger partial charge in [-0.3, -0.25) is 10.1 Å². The molecule has 0 aliphatic heterocycles. The molecule has 0 amide bonds. The molecule has 0 aliphatic rings. The molecule has 0 atom stereocenters. The third-order valence-corrected chi connectivity index (χ3v) is 3.38. The highest BCUT2D eigenvalue weighted by Gasteiger charge is 2.24. The second-order valence-corrected chi connectivity index (χ2v) is 4.35. The van der Waals surface area contributed by atoms with Gasteiger partial charge in [0.2, 0.25) is 0 Å². The Morgan fingerprint density at radius 3 is 2.39 bits per heavy atom. The first-order valence-electron chi connectivity index (χ1n) is 6.00. The Bertz CT molecular complexity index is 422. The SMILES string of the molecule is CCC(CC)(CN)Nc1ccc([N+](=O)[O-])c(N)c1. The molecule has 0 spiro atoms. The van der Waals surface area contributed by atoms with E-state index in [2.05, 4.69) is 19.2 Å². The average Bonchev–Trinajstić information content (AvgIpc) is 2.36. The van der Waals surface area contributed by atoms with Crippen molar-refractivity contribution >= 4 is 17.1 Å². The van der Waals surface area contributed by atoms with E-state index < -0.39 is 4.92 Å². The van der Waals surface area contributed by atoms with Gasteiger partial charge < -0.3 is 16.8 Å². The molecule has 0 aromatic heterocycles. The van der Waals surface area contributed by atoms with Crippen LogP contribution in [-0.4, -0.2) is 17.0 Å². The lowest BCUT2D eigenvalue weighted by molar-refractivity contribution is -0.383. The van der Waals surface area contributed by atoms with Crippen molar-refractivity contribution in [2.24, 2.45) is 5.73 Å². The summed E-state index contributed by atoms with van der Waals surface area (Å²) in [5, 5.41) is 14.0. The number of nitro groups is 1. The summed E-state index contributed by atoms with van der Waals surface area (Å²) in [6.07, 6.45) is 1.74. The molecule has 0 saturated carbocycles. The fourth-order valence-electron chi connectivity index (χ4n) is 1.87. The van der Waals surface area contributed by atoms with Crippen molar-refractivity contribution in [2.45, 2.75) is 32.2 Å². The third-order valence-electron chi connectivity index (χ3n) is 3.38. The lowest BCUT2D eigenvalue weighted by atomic mass is 9.92. The van der Waals surface area contributed by atoms with E-state index in [9.17, 15) is 10.1 Å². The summed E-state index contributed by atoms with van der Waals surface area (Å²) in [5.74, 6) is 0. The lowest BCUT2D eigenvalue weighted by Gasteiger charge is -2.32. The van der Waals surface area contributed by atoms with E-state index in [0.29, 0.717) is 6.54 Å². The minimum Gasteiger partial charge on any atom is -0.393 e. The van der Waals surface area contributed by atoms with Crippen molar-refractivity contribution in [1.82, 2.24) is 0 Å². The molecule has 1 rings (SSSR count). The Kier molecular flexibility index (Phi) is 4.49. The van der Waals surface area contributed by atoms with Crippen LogP contribution in [0.2, 0.25) is 0 Å². The number of nitrogen functional groups attached to an aromatic ring is 1. The molecule has 1 aromatic rings. The maximum atomic E-state index is 10.7. The topological polar surface area (TPSA) is 107 Å². The summed E-state index contributed by atoms with van der Waals surface area (Å²) in [4.78, 5) is 10.2. The van der Waals surface area contributed by atoms with Crippen LogP contribution in [-0.2, 0) is 0 Å². The Morgan fingerprint density at radius 1 is 1.39 bits per heavy atom. The molecule has 6 nitrogen and oxygen atoms in total. The molecule has 0 bridgehead atoms. The minimum atomic E-state index is -0.491. The van der Waals surface area contributed by atoms with E-state index in [-0.39, 0.29) is 16.9 Å². The van der Waals surface area contributed by atoms with Crippen LogP contribution < -0.4 is 16.8 Å². The van der Waals surface area contributed by atoms with Gasteiger partial charge in [-0.25, -0.2) is 0 Å². The number of rotatable bonds is 6. The fraction of sp³-hybridized carbons (Fsp3) is 0.500. The smallest absolute Gasteiger partial charge is 0.292 e. The Morgan fingerprint density at radius 2 is 2.00 bits per heavy atom. The molecule has 0 unspecified atom stereocenters. The molecule has 0 radical (unpaired) electrons. The molecular weight excluding hydrogens is 232 g/mol. The van der Waals surface area contributed by atoms with Crippen molar-refractivity contribution in [3.63, 3.8) is 0 Å². The molecule has 100 valence electrons. The van der Waals surface area contributed by atoms with Gasteiger partial charge >= 0.3 is 0 Å². The third kappa shape index (κ3) is 2.89. The number of anilines is 2. The first-order chi connectivity index (χ1) is 8.48. The fourth-order valence-corrected chi connectivity index (χ4v) is 1.87. The molecule has 1 aromatic carbocycles. The van der Waals surface area contributed by atoms with Gasteiger partial charge in [0, 0.05) is 23.8 Å². The van der Waals surface area contributed by atoms with Crippen LogP contribution in [0.5, 0.6) is 0 Å². The second-order valence-electron chi connectivity index (χ2n) is 4.35. The maximum absolute atomic E-state index is 10.7. The van der Waals surface area contributed by atoms with E-state index in [0.717, 1.165) is 18.5 Å². The summed E-state index contributed by atoms with van der Waals surface area (Å²) in [7, 11) is 0. The number of hydrogen-bond acceptors (Lipinski definition) is 5.